The summed E-state index contributed by atoms with van der Waals surface area (Å²) < 4.78 is 17.2. The van der Waals surface area contributed by atoms with E-state index in [1.54, 1.807) is 30.2 Å². The van der Waals surface area contributed by atoms with Crippen LogP contribution in [0.2, 0.25) is 0 Å². The van der Waals surface area contributed by atoms with Gasteiger partial charge < -0.3 is 19.1 Å². The normalized spacial score (nSPS) is 17.5. The molecule has 2 aliphatic heterocycles. The van der Waals surface area contributed by atoms with E-state index in [2.05, 4.69) is 16.3 Å². The second-order valence-electron chi connectivity index (χ2n) is 10.3. The third-order valence-corrected chi connectivity index (χ3v) is 6.55. The van der Waals surface area contributed by atoms with Crippen molar-refractivity contribution in [3.63, 3.8) is 0 Å². The molecule has 5 rings (SSSR count). The molecule has 1 fully saturated rings. The van der Waals surface area contributed by atoms with Crippen LogP contribution in [0, 0.1) is 5.92 Å². The molecule has 0 saturated carbocycles. The van der Waals surface area contributed by atoms with Crippen LogP contribution in [-0.4, -0.2) is 52.8 Å². The van der Waals surface area contributed by atoms with E-state index >= 15 is 0 Å². The summed E-state index contributed by atoms with van der Waals surface area (Å²) in [5.41, 5.74) is 2.24. The van der Waals surface area contributed by atoms with Crippen LogP contribution in [0.15, 0.2) is 48.2 Å². The summed E-state index contributed by atoms with van der Waals surface area (Å²) >= 11 is 0. The van der Waals surface area contributed by atoms with Crippen LogP contribution in [0.4, 0.5) is 4.79 Å². The number of methoxy groups -OCH3 is 1. The van der Waals surface area contributed by atoms with E-state index in [0.717, 1.165) is 29.3 Å². The van der Waals surface area contributed by atoms with Crippen molar-refractivity contribution in [2.75, 3.05) is 20.2 Å². The summed E-state index contributed by atoms with van der Waals surface area (Å²) in [5.74, 6) is 1.42. The zero-order valence-electron chi connectivity index (χ0n) is 21.5. The minimum absolute atomic E-state index is 0.190. The lowest BCUT2D eigenvalue weighted by Gasteiger charge is -2.32. The van der Waals surface area contributed by atoms with E-state index < -0.39 is 5.60 Å². The fraction of sp³-hybridized carbons (Fsp3) is 0.345. The van der Waals surface area contributed by atoms with Crippen molar-refractivity contribution < 1.29 is 23.8 Å². The fourth-order valence-electron chi connectivity index (χ4n) is 4.64. The lowest BCUT2D eigenvalue weighted by atomic mass is 9.95. The average molecular weight is 502 g/mol. The summed E-state index contributed by atoms with van der Waals surface area (Å²) in [6, 6.07) is 11.3. The number of ether oxygens (including phenoxy) is 3. The molecule has 1 saturated heterocycles. The number of likely N-dealkylation sites (tertiary alicyclic amines) is 1. The molecule has 0 spiro atoms. The first-order valence-corrected chi connectivity index (χ1v) is 12.5. The number of benzene rings is 2. The Kier molecular flexibility index (Phi) is 6.50. The number of hydrogen-bond acceptors (Lipinski definition) is 6. The van der Waals surface area contributed by atoms with E-state index in [1.807, 2.05) is 51.1 Å². The van der Waals surface area contributed by atoms with Crippen molar-refractivity contribution in [1.82, 2.24) is 15.1 Å². The van der Waals surface area contributed by atoms with Gasteiger partial charge in [-0.25, -0.2) is 4.79 Å². The second-order valence-corrected chi connectivity index (χ2v) is 10.3. The number of Topliss-reactive ketones (excluding diaryl/α,β-unsaturated/α-hetero) is 1. The molecular formula is C29H31N3O5. The molecule has 0 aliphatic carbocycles. The standard InChI is InChI=1S/C29H31N3O5/c1-29(2,3)37-28(34)32-15-13-18(14-16-32)9-10-20-24(35-4)12-11-21-26(33)25(36-27(20)21)17-23-19-7-5-6-8-22(19)30-31-23/h5-12,17-18H,13-16H2,1-4H3,(H,30,31)/b10-9?,25-17+. The molecule has 0 unspecified atom stereocenters. The number of allylic oxidation sites excluding steroid dienone is 2. The Bertz CT molecular complexity index is 1400. The Morgan fingerprint density at radius 3 is 2.65 bits per heavy atom. The smallest absolute Gasteiger partial charge is 0.410 e. The molecule has 0 atom stereocenters. The zero-order chi connectivity index (χ0) is 26.2. The van der Waals surface area contributed by atoms with Crippen LogP contribution >= 0.6 is 0 Å². The number of H-pyrrole nitrogens is 1. The topological polar surface area (TPSA) is 93.8 Å². The first-order valence-electron chi connectivity index (χ1n) is 12.5. The number of hydrogen-bond donors (Lipinski definition) is 1. The van der Waals surface area contributed by atoms with Gasteiger partial charge in [-0.1, -0.05) is 30.4 Å². The maximum Gasteiger partial charge on any atom is 0.410 e. The fourth-order valence-corrected chi connectivity index (χ4v) is 4.64. The van der Waals surface area contributed by atoms with Crippen LogP contribution in [0.5, 0.6) is 11.5 Å². The van der Waals surface area contributed by atoms with Crippen LogP contribution < -0.4 is 9.47 Å². The summed E-state index contributed by atoms with van der Waals surface area (Å²) in [6.45, 7) is 6.88. The van der Waals surface area contributed by atoms with Gasteiger partial charge in [-0.15, -0.1) is 0 Å². The number of piperidine rings is 1. The van der Waals surface area contributed by atoms with Crippen LogP contribution in [0.25, 0.3) is 23.1 Å². The van der Waals surface area contributed by atoms with Gasteiger partial charge in [-0.3, -0.25) is 9.89 Å². The number of nitrogens with one attached hydrogen (secondary N) is 1. The molecule has 37 heavy (non-hydrogen) atoms. The SMILES string of the molecule is COc1ccc2c(c1C=CC1CCN(C(=O)OC(C)(C)C)CC1)O/C(=C/c1n[nH]c3ccccc13)C2=O. The maximum atomic E-state index is 13.2. The third kappa shape index (κ3) is 5.09. The van der Waals surface area contributed by atoms with Crippen molar-refractivity contribution in [3.05, 3.63) is 65.1 Å². The Hall–Kier alpha value is -4.07. The number of fused-ring (bicyclic) bond motifs is 2. The van der Waals surface area contributed by atoms with Gasteiger partial charge in [0.1, 0.15) is 17.1 Å². The first kappa shape index (κ1) is 24.6. The highest BCUT2D eigenvalue weighted by atomic mass is 16.6. The molecule has 3 heterocycles. The van der Waals surface area contributed by atoms with Gasteiger partial charge in [-0.2, -0.15) is 5.10 Å². The minimum atomic E-state index is -0.507. The summed E-state index contributed by atoms with van der Waals surface area (Å²) in [7, 11) is 1.60. The highest BCUT2D eigenvalue weighted by Crippen LogP contribution is 2.41. The van der Waals surface area contributed by atoms with Gasteiger partial charge in [0.25, 0.3) is 0 Å². The Morgan fingerprint density at radius 1 is 1.16 bits per heavy atom. The highest BCUT2D eigenvalue weighted by molar-refractivity contribution is 6.15. The molecule has 1 aromatic heterocycles. The van der Waals surface area contributed by atoms with Crippen molar-refractivity contribution in [3.8, 4) is 11.5 Å². The van der Waals surface area contributed by atoms with Crippen LogP contribution in [-0.2, 0) is 4.74 Å². The van der Waals surface area contributed by atoms with Crippen molar-refractivity contribution >= 4 is 34.9 Å². The van der Waals surface area contributed by atoms with Crippen molar-refractivity contribution in [2.45, 2.75) is 39.2 Å². The van der Waals surface area contributed by atoms with Gasteiger partial charge >= 0.3 is 6.09 Å². The Labute approximate surface area is 215 Å². The number of ketones is 1. The Morgan fingerprint density at radius 2 is 1.92 bits per heavy atom. The number of amides is 1. The number of aromatic nitrogens is 2. The molecule has 3 aromatic rings. The van der Waals surface area contributed by atoms with Gasteiger partial charge in [-0.05, 0) is 57.7 Å². The molecule has 0 radical (unpaired) electrons. The van der Waals surface area contributed by atoms with Crippen LogP contribution in [0.1, 0.15) is 55.2 Å². The van der Waals surface area contributed by atoms with Crippen LogP contribution in [0.3, 0.4) is 0 Å². The number of nitrogens with zero attached hydrogens (tertiary/aromatic N) is 2. The Balaban J connectivity index is 1.34. The van der Waals surface area contributed by atoms with E-state index in [4.69, 9.17) is 14.2 Å². The molecule has 8 heteroatoms. The predicted molar refractivity (Wildman–Crippen MR) is 142 cm³/mol. The summed E-state index contributed by atoms with van der Waals surface area (Å²) in [5, 5.41) is 8.23. The number of para-hydroxylation sites is 1. The highest BCUT2D eigenvalue weighted by Gasteiger charge is 2.32. The maximum absolute atomic E-state index is 13.2. The van der Waals surface area contributed by atoms with Gasteiger partial charge in [0.2, 0.25) is 5.78 Å². The van der Waals surface area contributed by atoms with Gasteiger partial charge in [0, 0.05) is 24.6 Å². The number of carbonyl (C=O) groups excluding carboxylic acids is 2. The molecule has 2 aliphatic rings. The lowest BCUT2D eigenvalue weighted by molar-refractivity contribution is 0.0197. The molecule has 2 aromatic carbocycles. The minimum Gasteiger partial charge on any atom is -0.496 e. The van der Waals surface area contributed by atoms with Gasteiger partial charge in [0.15, 0.2) is 5.76 Å². The van der Waals surface area contributed by atoms with Crippen molar-refractivity contribution in [1.29, 1.82) is 0 Å². The summed E-state index contributed by atoms with van der Waals surface area (Å²) in [4.78, 5) is 27.3. The second kappa shape index (κ2) is 9.76. The number of aromatic amines is 1. The first-order chi connectivity index (χ1) is 17.7. The van der Waals surface area contributed by atoms with Crippen molar-refractivity contribution in [2.24, 2.45) is 5.92 Å². The largest absolute Gasteiger partial charge is 0.496 e. The van der Waals surface area contributed by atoms with E-state index in [1.165, 1.54) is 0 Å². The number of rotatable bonds is 4. The monoisotopic (exact) mass is 501 g/mol. The molecule has 1 N–H and O–H groups in total. The zero-order valence-corrected chi connectivity index (χ0v) is 21.5. The molecule has 1 amide bonds. The van der Waals surface area contributed by atoms with E-state index in [9.17, 15) is 9.59 Å². The summed E-state index contributed by atoms with van der Waals surface area (Å²) in [6.07, 6.45) is 7.13. The quantitative estimate of drug-likeness (QED) is 0.451. The third-order valence-electron chi connectivity index (χ3n) is 6.55. The molecule has 192 valence electrons. The molecule has 8 nitrogen and oxygen atoms in total. The van der Waals surface area contributed by atoms with E-state index in [0.29, 0.717) is 35.8 Å². The number of carbonyl (C=O) groups is 2. The average Bonchev–Trinajstić information content (AvgIpc) is 3.43. The lowest BCUT2D eigenvalue weighted by Crippen LogP contribution is -2.41. The van der Waals surface area contributed by atoms with E-state index in [-0.39, 0.29) is 23.6 Å². The van der Waals surface area contributed by atoms with Gasteiger partial charge in [0.05, 0.1) is 29.4 Å². The molecular weight excluding hydrogens is 470 g/mol. The predicted octanol–water partition coefficient (Wildman–Crippen LogP) is 5.85. The molecule has 0 bridgehead atoms.